The summed E-state index contributed by atoms with van der Waals surface area (Å²) in [7, 11) is -3.63. The second kappa shape index (κ2) is 14.5. The molecular weight excluding hydrogens is 685 g/mol. The summed E-state index contributed by atoms with van der Waals surface area (Å²) in [6.07, 6.45) is 6.04. The van der Waals surface area contributed by atoms with E-state index in [1.807, 2.05) is 29.3 Å². The van der Waals surface area contributed by atoms with Gasteiger partial charge in [-0.1, -0.05) is 65.9 Å². The fourth-order valence-corrected chi connectivity index (χ4v) is 8.84. The Morgan fingerprint density at radius 1 is 0.913 bits per heavy atom. The van der Waals surface area contributed by atoms with Crippen molar-refractivity contribution in [2.24, 2.45) is 0 Å². The molecule has 1 aliphatic carbocycles. The van der Waals surface area contributed by atoms with E-state index in [9.17, 15) is 13.2 Å². The summed E-state index contributed by atoms with van der Waals surface area (Å²) in [6.45, 7) is 1.34. The van der Waals surface area contributed by atoms with E-state index in [1.165, 1.54) is 11.3 Å². The number of benzene rings is 2. The number of halogens is 3. The zero-order valence-corrected chi connectivity index (χ0v) is 28.8. The normalized spacial score (nSPS) is 15.9. The third-order valence-corrected chi connectivity index (χ3v) is 11.9. The van der Waals surface area contributed by atoms with Gasteiger partial charge in [-0.25, -0.2) is 22.8 Å². The maximum atomic E-state index is 13.9. The summed E-state index contributed by atoms with van der Waals surface area (Å²) in [5.41, 5.74) is 5.42. The van der Waals surface area contributed by atoms with Gasteiger partial charge < -0.3 is 0 Å². The molecule has 1 amide bonds. The van der Waals surface area contributed by atoms with Crippen LogP contribution in [0.2, 0.25) is 15.1 Å². The highest BCUT2D eigenvalue weighted by atomic mass is 35.5. The Bertz CT molecular complexity index is 1900. The first-order valence-corrected chi connectivity index (χ1v) is 18.7. The van der Waals surface area contributed by atoms with Gasteiger partial charge in [-0.05, 0) is 80.3 Å². The molecule has 1 aliphatic heterocycles. The van der Waals surface area contributed by atoms with Crippen LogP contribution in [0.25, 0.3) is 16.3 Å². The summed E-state index contributed by atoms with van der Waals surface area (Å²) < 4.78 is 31.1. The van der Waals surface area contributed by atoms with Crippen LogP contribution in [-0.2, 0) is 16.6 Å². The quantitative estimate of drug-likeness (QED) is 0.185. The van der Waals surface area contributed by atoms with E-state index in [1.54, 1.807) is 35.0 Å². The number of carbonyl (C=O) groups is 1. The first kappa shape index (κ1) is 33.0. The van der Waals surface area contributed by atoms with Crippen molar-refractivity contribution in [3.8, 4) is 28.1 Å². The molecular formula is C33H32Cl3N5O3S2. The minimum Gasteiger partial charge on any atom is -0.283 e. The average Bonchev–Trinajstić information content (AvgIpc) is 3.81. The Morgan fingerprint density at radius 3 is 2.35 bits per heavy atom. The van der Waals surface area contributed by atoms with Crippen molar-refractivity contribution in [3.63, 3.8) is 0 Å². The highest BCUT2D eigenvalue weighted by Crippen LogP contribution is 2.37. The second-order valence-electron chi connectivity index (χ2n) is 11.4. The largest absolute Gasteiger partial charge is 0.286 e. The number of hydrogen-bond donors (Lipinski definition) is 2. The van der Waals surface area contributed by atoms with Gasteiger partial charge in [0, 0.05) is 40.8 Å². The summed E-state index contributed by atoms with van der Waals surface area (Å²) in [5.74, 6) is 5.94. The van der Waals surface area contributed by atoms with Crippen molar-refractivity contribution in [2.45, 2.75) is 56.7 Å². The maximum Gasteiger partial charge on any atom is 0.286 e. The average molecular weight is 717 g/mol. The van der Waals surface area contributed by atoms with E-state index in [-0.39, 0.29) is 12.2 Å². The molecule has 240 valence electrons. The Balaban J connectivity index is 1.45. The molecule has 8 nitrogen and oxygen atoms in total. The van der Waals surface area contributed by atoms with E-state index in [4.69, 9.17) is 39.9 Å². The van der Waals surface area contributed by atoms with Gasteiger partial charge in [0.15, 0.2) is 5.69 Å². The van der Waals surface area contributed by atoms with Crippen LogP contribution >= 0.6 is 46.1 Å². The van der Waals surface area contributed by atoms with Gasteiger partial charge in [-0.2, -0.15) is 5.10 Å². The number of hydrazine groups is 1. The Hall–Kier alpha value is -2.88. The standard InChI is InChI=1S/C33H32Cl3N5O3S2/c34-23-11-8-22(9-12-23)10-14-25-15-17-30(45-25)32-27(21-37-46(43,44)26-6-2-3-7-26)31(33(42)39-40-18-4-1-5-19-40)38-41(32)29-16-13-24(35)20-28(29)36/h8-9,11-13,15-17,20,26,37H,1-7,18-19,21H2,(H,39,42). The number of nitrogens with one attached hydrogen (secondary N) is 2. The SMILES string of the molecule is O=C(NN1CCCCC1)c1nn(-c2ccc(Cl)cc2Cl)c(-c2ccc(C#Cc3ccc(Cl)cc3)s2)c1CNS(=O)(=O)C1CCCC1. The van der Waals surface area contributed by atoms with Gasteiger partial charge in [0.05, 0.1) is 31.4 Å². The number of rotatable bonds is 8. The highest BCUT2D eigenvalue weighted by Gasteiger charge is 2.32. The summed E-state index contributed by atoms with van der Waals surface area (Å²) in [6, 6.07) is 16.1. The number of amides is 1. The van der Waals surface area contributed by atoms with Crippen LogP contribution < -0.4 is 10.1 Å². The fraction of sp³-hybridized carbons (Fsp3) is 0.333. The zero-order valence-electron chi connectivity index (χ0n) is 24.9. The van der Waals surface area contributed by atoms with E-state index in [0.717, 1.165) is 60.5 Å². The van der Waals surface area contributed by atoms with Crippen LogP contribution in [-0.4, -0.2) is 47.5 Å². The molecule has 2 aromatic heterocycles. The van der Waals surface area contributed by atoms with Gasteiger partial charge in [0.1, 0.15) is 0 Å². The van der Waals surface area contributed by atoms with Gasteiger partial charge in [0.25, 0.3) is 5.91 Å². The van der Waals surface area contributed by atoms with Crippen molar-refractivity contribution in [1.29, 1.82) is 0 Å². The van der Waals surface area contributed by atoms with Crippen LogP contribution in [0.5, 0.6) is 0 Å². The number of hydrogen-bond acceptors (Lipinski definition) is 6. The molecule has 2 aromatic carbocycles. The van der Waals surface area contributed by atoms with E-state index in [2.05, 4.69) is 22.0 Å². The smallest absolute Gasteiger partial charge is 0.283 e. The molecule has 0 bridgehead atoms. The lowest BCUT2D eigenvalue weighted by atomic mass is 10.1. The minimum absolute atomic E-state index is 0.114. The number of nitrogens with zero attached hydrogens (tertiary/aromatic N) is 3. The van der Waals surface area contributed by atoms with Crippen molar-refractivity contribution < 1.29 is 13.2 Å². The molecule has 0 spiro atoms. The van der Waals surface area contributed by atoms with E-state index < -0.39 is 21.2 Å². The van der Waals surface area contributed by atoms with Crippen molar-refractivity contribution >= 4 is 62.1 Å². The molecule has 13 heteroatoms. The monoisotopic (exact) mass is 715 g/mol. The summed E-state index contributed by atoms with van der Waals surface area (Å²) in [5, 5.41) is 7.64. The molecule has 2 aliphatic rings. The fourth-order valence-electron chi connectivity index (χ4n) is 5.77. The molecule has 46 heavy (non-hydrogen) atoms. The molecule has 4 aromatic rings. The zero-order chi connectivity index (χ0) is 32.3. The molecule has 3 heterocycles. The van der Waals surface area contributed by atoms with Gasteiger partial charge in [0.2, 0.25) is 10.0 Å². The van der Waals surface area contributed by atoms with Crippen LogP contribution in [0.4, 0.5) is 0 Å². The summed E-state index contributed by atoms with van der Waals surface area (Å²) in [4.78, 5) is 15.4. The minimum atomic E-state index is -3.63. The first-order valence-electron chi connectivity index (χ1n) is 15.2. The lowest BCUT2D eigenvalue weighted by molar-refractivity contribution is 0.0743. The van der Waals surface area contributed by atoms with Crippen LogP contribution in [0.3, 0.4) is 0 Å². The maximum absolute atomic E-state index is 13.9. The number of thiophene rings is 1. The molecule has 6 rings (SSSR count). The number of piperidine rings is 1. The molecule has 0 atom stereocenters. The first-order chi connectivity index (χ1) is 22.2. The molecule has 1 saturated heterocycles. The lowest BCUT2D eigenvalue weighted by Gasteiger charge is -2.26. The van der Waals surface area contributed by atoms with Gasteiger partial charge in [-0.15, -0.1) is 11.3 Å². The predicted octanol–water partition coefficient (Wildman–Crippen LogP) is 7.45. The lowest BCUT2D eigenvalue weighted by Crippen LogP contribution is -2.45. The van der Waals surface area contributed by atoms with Crippen LogP contribution in [0.1, 0.15) is 71.4 Å². The molecule has 0 radical (unpaired) electrons. The molecule has 0 unspecified atom stereocenters. The summed E-state index contributed by atoms with van der Waals surface area (Å²) >= 11 is 20.4. The van der Waals surface area contributed by atoms with Crippen molar-refractivity contribution in [2.75, 3.05) is 13.1 Å². The molecule has 2 fully saturated rings. The van der Waals surface area contributed by atoms with Crippen LogP contribution in [0.15, 0.2) is 54.6 Å². The van der Waals surface area contributed by atoms with Crippen LogP contribution in [0, 0.1) is 11.8 Å². The van der Waals surface area contributed by atoms with Crippen molar-refractivity contribution in [3.05, 3.63) is 91.4 Å². The van der Waals surface area contributed by atoms with E-state index in [0.29, 0.717) is 44.9 Å². The third-order valence-electron chi connectivity index (χ3n) is 8.16. The number of sulfonamides is 1. The predicted molar refractivity (Wildman–Crippen MR) is 185 cm³/mol. The van der Waals surface area contributed by atoms with Gasteiger partial charge >= 0.3 is 0 Å². The number of aromatic nitrogens is 2. The van der Waals surface area contributed by atoms with Gasteiger partial charge in [-0.3, -0.25) is 10.2 Å². The highest BCUT2D eigenvalue weighted by molar-refractivity contribution is 7.90. The second-order valence-corrected chi connectivity index (χ2v) is 15.8. The van der Waals surface area contributed by atoms with Crippen molar-refractivity contribution in [1.82, 2.24) is 24.9 Å². The molecule has 1 saturated carbocycles. The Labute approximate surface area is 288 Å². The number of carbonyl (C=O) groups excluding carboxylic acids is 1. The molecule has 2 N–H and O–H groups in total. The topological polar surface area (TPSA) is 96.3 Å². The van der Waals surface area contributed by atoms with E-state index >= 15 is 0 Å². The Kier molecular flexibility index (Phi) is 10.4. The Morgan fingerprint density at radius 2 is 1.63 bits per heavy atom. The third kappa shape index (κ3) is 7.63.